The molecule has 1 aliphatic heterocycles. The van der Waals surface area contributed by atoms with Gasteiger partial charge in [0.2, 0.25) is 11.0 Å². The second-order valence-corrected chi connectivity index (χ2v) is 13.2. The van der Waals surface area contributed by atoms with Crippen LogP contribution in [0.25, 0.3) is 0 Å². The topological polar surface area (TPSA) is 168 Å². The summed E-state index contributed by atoms with van der Waals surface area (Å²) in [5, 5.41) is 22.4. The summed E-state index contributed by atoms with van der Waals surface area (Å²) >= 11 is 8.63. The van der Waals surface area contributed by atoms with Crippen LogP contribution in [-0.2, 0) is 9.59 Å². The molecule has 0 spiro atoms. The predicted octanol–water partition coefficient (Wildman–Crippen LogP) is 4.96. The molecule has 0 saturated heterocycles. The van der Waals surface area contributed by atoms with Gasteiger partial charge in [-0.1, -0.05) is 72.8 Å². The molecule has 0 bridgehead atoms. The van der Waals surface area contributed by atoms with E-state index in [1.807, 2.05) is 19.9 Å². The number of rotatable bonds is 7. The highest BCUT2D eigenvalue weighted by Gasteiger charge is 2.45. The van der Waals surface area contributed by atoms with E-state index < -0.39 is 11.8 Å². The van der Waals surface area contributed by atoms with Crippen molar-refractivity contribution in [1.82, 2.24) is 10.2 Å². The monoisotopic (exact) mass is 619 g/mol. The first kappa shape index (κ1) is 29.3. The third-order valence-electron chi connectivity index (χ3n) is 6.94. The van der Waals surface area contributed by atoms with E-state index in [1.165, 1.54) is 17.4 Å². The number of aromatic nitrogens is 2. The zero-order valence-corrected chi connectivity index (χ0v) is 25.1. The fourth-order valence-electron chi connectivity index (χ4n) is 5.22. The molecule has 2 aromatic carbocycles. The number of carbonyl (C=O) groups is 3. The van der Waals surface area contributed by atoms with Crippen LogP contribution in [0.15, 0.2) is 75.5 Å². The van der Waals surface area contributed by atoms with Crippen molar-refractivity contribution in [1.29, 1.82) is 5.26 Å². The lowest BCUT2D eigenvalue weighted by molar-refractivity contribution is -0.118. The van der Waals surface area contributed by atoms with Gasteiger partial charge in [0.25, 0.3) is 5.91 Å². The maximum absolute atomic E-state index is 13.7. The molecule has 1 atom stereocenters. The number of hydrogen-bond acceptors (Lipinski definition) is 10. The number of primary amides is 1. The number of Topliss-reactive ketones (excluding diaryl/α,β-unsaturated/α-hetero) is 1. The van der Waals surface area contributed by atoms with E-state index in [4.69, 9.17) is 23.1 Å². The van der Waals surface area contributed by atoms with Crippen molar-refractivity contribution in [3.8, 4) is 6.07 Å². The van der Waals surface area contributed by atoms with Gasteiger partial charge < -0.3 is 16.8 Å². The molecular formula is C29H26ClN7O3S2. The van der Waals surface area contributed by atoms with E-state index in [0.29, 0.717) is 49.9 Å². The molecule has 3 aromatic rings. The molecule has 1 aromatic heterocycles. The maximum Gasteiger partial charge on any atom is 0.250 e. The second kappa shape index (κ2) is 11.6. The number of carbonyl (C=O) groups excluding carboxylic acids is 3. The molecule has 10 nitrogen and oxygen atoms in total. The summed E-state index contributed by atoms with van der Waals surface area (Å²) in [5.41, 5.74) is 14.3. The molecule has 5 rings (SSSR count). The molecule has 0 saturated carbocycles. The summed E-state index contributed by atoms with van der Waals surface area (Å²) in [4.78, 5) is 39.6. The Kier molecular flexibility index (Phi) is 8.10. The highest BCUT2D eigenvalue weighted by molar-refractivity contribution is 8.01. The molecule has 0 fully saturated rings. The van der Waals surface area contributed by atoms with Crippen molar-refractivity contribution < 1.29 is 14.4 Å². The Labute approximate surface area is 255 Å². The van der Waals surface area contributed by atoms with Gasteiger partial charge in [-0.2, -0.15) is 5.26 Å². The molecule has 2 heterocycles. The van der Waals surface area contributed by atoms with Crippen molar-refractivity contribution in [2.45, 2.75) is 36.9 Å². The number of nitrogens with two attached hydrogens (primary N) is 2. The minimum absolute atomic E-state index is 0.00714. The first-order valence-electron chi connectivity index (χ1n) is 12.9. The molecule has 1 unspecified atom stereocenters. The van der Waals surface area contributed by atoms with Gasteiger partial charge >= 0.3 is 0 Å². The molecule has 42 heavy (non-hydrogen) atoms. The van der Waals surface area contributed by atoms with Gasteiger partial charge in [0.05, 0.1) is 34.6 Å². The number of thioether (sulfide) groups is 1. The van der Waals surface area contributed by atoms with Crippen molar-refractivity contribution in [2.24, 2.45) is 16.9 Å². The Hall–Kier alpha value is -4.18. The number of nitrogens with zero attached hydrogens (tertiary/aromatic N) is 4. The van der Waals surface area contributed by atoms with E-state index in [9.17, 15) is 19.6 Å². The van der Waals surface area contributed by atoms with Crippen LogP contribution in [0.2, 0.25) is 5.02 Å². The number of para-hydroxylation sites is 1. The van der Waals surface area contributed by atoms with E-state index in [1.54, 1.807) is 41.3 Å². The molecule has 0 radical (unpaired) electrons. The lowest BCUT2D eigenvalue weighted by atomic mass is 9.69. The number of nitrogens with one attached hydrogen (secondary N) is 1. The minimum atomic E-state index is -0.655. The standard InChI is InChI=1S/C29H26ClN7O3S2/c1-29(2)11-20-24(21(38)12-29)23(15-6-5-7-16(30)10-15)18(13-31)25(32)37(20)27-35-36-28(42-27)41-14-22(39)34-19-9-4-3-8-17(19)26(33)40/h3-10,23H,11-12,14,32H2,1-2H3,(H2,33,40)(H,34,39). The Morgan fingerprint density at radius 2 is 1.98 bits per heavy atom. The van der Waals surface area contributed by atoms with Gasteiger partial charge in [-0.15, -0.1) is 10.2 Å². The minimum Gasteiger partial charge on any atom is -0.384 e. The number of amides is 2. The molecule has 2 aliphatic rings. The van der Waals surface area contributed by atoms with Gasteiger partial charge in [-0.25, -0.2) is 0 Å². The molecule has 2 amide bonds. The van der Waals surface area contributed by atoms with Crippen LogP contribution in [0.5, 0.6) is 0 Å². The number of ketones is 1. The highest BCUT2D eigenvalue weighted by atomic mass is 35.5. The zero-order chi connectivity index (χ0) is 30.2. The normalized spacial score (nSPS) is 18.0. The smallest absolute Gasteiger partial charge is 0.250 e. The van der Waals surface area contributed by atoms with Crippen LogP contribution < -0.4 is 21.7 Å². The van der Waals surface area contributed by atoms with E-state index in [0.717, 1.165) is 11.8 Å². The summed E-state index contributed by atoms with van der Waals surface area (Å²) in [6.45, 7) is 4.02. The third-order valence-corrected chi connectivity index (χ3v) is 9.22. The lowest BCUT2D eigenvalue weighted by Crippen LogP contribution is -2.42. The molecule has 1 aliphatic carbocycles. The summed E-state index contributed by atoms with van der Waals surface area (Å²) in [6, 6.07) is 15.8. The van der Waals surface area contributed by atoms with Crippen LogP contribution in [0.4, 0.5) is 10.8 Å². The zero-order valence-electron chi connectivity index (χ0n) is 22.7. The maximum atomic E-state index is 13.7. The lowest BCUT2D eigenvalue weighted by Gasteiger charge is -2.42. The summed E-state index contributed by atoms with van der Waals surface area (Å²) in [5.74, 6) is -1.57. The fraction of sp³-hybridized carbons (Fsp3) is 0.241. The molecule has 214 valence electrons. The largest absolute Gasteiger partial charge is 0.384 e. The van der Waals surface area contributed by atoms with Gasteiger partial charge in [-0.05, 0) is 41.7 Å². The summed E-state index contributed by atoms with van der Waals surface area (Å²) < 4.78 is 0.482. The number of halogens is 1. The van der Waals surface area contributed by atoms with Crippen LogP contribution in [0.1, 0.15) is 48.5 Å². The number of anilines is 2. The number of nitriles is 1. The Bertz CT molecular complexity index is 1720. The second-order valence-electron chi connectivity index (χ2n) is 10.6. The van der Waals surface area contributed by atoms with E-state index >= 15 is 0 Å². The average Bonchev–Trinajstić information content (AvgIpc) is 3.39. The van der Waals surface area contributed by atoms with Crippen LogP contribution in [0.3, 0.4) is 0 Å². The highest BCUT2D eigenvalue weighted by Crippen LogP contribution is 2.51. The average molecular weight is 620 g/mol. The third kappa shape index (κ3) is 5.76. The Morgan fingerprint density at radius 1 is 1.21 bits per heavy atom. The van der Waals surface area contributed by atoms with Crippen molar-refractivity contribution in [3.63, 3.8) is 0 Å². The molecular weight excluding hydrogens is 594 g/mol. The van der Waals surface area contributed by atoms with E-state index in [2.05, 4.69) is 21.6 Å². The van der Waals surface area contributed by atoms with Gasteiger partial charge in [0.15, 0.2) is 10.1 Å². The van der Waals surface area contributed by atoms with Crippen LogP contribution >= 0.6 is 34.7 Å². The first-order chi connectivity index (χ1) is 20.0. The van der Waals surface area contributed by atoms with Gasteiger partial charge in [0, 0.05) is 22.7 Å². The fourth-order valence-corrected chi connectivity index (χ4v) is 7.10. The SMILES string of the molecule is CC1(C)CC(=O)C2=C(C1)N(c1nnc(SCC(=O)Nc3ccccc3C(N)=O)s1)C(N)=C(C#N)C2c1cccc(Cl)c1. The van der Waals surface area contributed by atoms with Gasteiger partial charge in [0.1, 0.15) is 5.82 Å². The molecule has 5 N–H and O–H groups in total. The summed E-state index contributed by atoms with van der Waals surface area (Å²) in [6.07, 6.45) is 0.842. The number of hydrogen-bond donors (Lipinski definition) is 3. The quantitative estimate of drug-likeness (QED) is 0.309. The number of benzene rings is 2. The summed E-state index contributed by atoms with van der Waals surface area (Å²) in [7, 11) is 0. The van der Waals surface area contributed by atoms with Crippen LogP contribution in [-0.4, -0.2) is 33.5 Å². The van der Waals surface area contributed by atoms with Crippen LogP contribution in [0, 0.1) is 16.7 Å². The van der Waals surface area contributed by atoms with Crippen molar-refractivity contribution in [3.05, 3.63) is 87.3 Å². The number of allylic oxidation sites excluding steroid dienone is 3. The Morgan fingerprint density at radius 3 is 2.69 bits per heavy atom. The van der Waals surface area contributed by atoms with E-state index in [-0.39, 0.29) is 39.8 Å². The Balaban J connectivity index is 1.45. The predicted molar refractivity (Wildman–Crippen MR) is 163 cm³/mol. The van der Waals surface area contributed by atoms with Crippen molar-refractivity contribution >= 4 is 63.1 Å². The molecule has 13 heteroatoms. The van der Waals surface area contributed by atoms with Gasteiger partial charge in [-0.3, -0.25) is 19.3 Å². The first-order valence-corrected chi connectivity index (χ1v) is 15.0. The van der Waals surface area contributed by atoms with Crippen molar-refractivity contribution in [2.75, 3.05) is 16.0 Å².